The van der Waals surface area contributed by atoms with Crippen molar-refractivity contribution < 1.29 is 9.90 Å². The highest BCUT2D eigenvalue weighted by molar-refractivity contribution is 6.01. The monoisotopic (exact) mass is 281 g/mol. The molecular formula is C18H19NO2. The fourth-order valence-corrected chi connectivity index (χ4v) is 1.99. The fourth-order valence-electron chi connectivity index (χ4n) is 1.99. The van der Waals surface area contributed by atoms with Crippen LogP contribution >= 0.6 is 0 Å². The van der Waals surface area contributed by atoms with Gasteiger partial charge in [-0.2, -0.15) is 0 Å². The smallest absolute Gasteiger partial charge is 0.411 e. The molecule has 0 aromatic heterocycles. The van der Waals surface area contributed by atoms with Gasteiger partial charge in [0.2, 0.25) is 0 Å². The van der Waals surface area contributed by atoms with Crippen LogP contribution in [-0.4, -0.2) is 18.2 Å². The van der Waals surface area contributed by atoms with Crippen LogP contribution in [0.25, 0.3) is 10.8 Å². The van der Waals surface area contributed by atoms with E-state index in [9.17, 15) is 9.90 Å². The van der Waals surface area contributed by atoms with E-state index in [-0.39, 0.29) is 5.41 Å². The summed E-state index contributed by atoms with van der Waals surface area (Å²) in [4.78, 5) is 12.4. The first kappa shape index (κ1) is 14.9. The highest BCUT2D eigenvalue weighted by atomic mass is 16.4. The number of carboxylic acid groups (broad SMARTS) is 1. The Bertz CT molecular complexity index is 745. The van der Waals surface area contributed by atoms with Crippen LogP contribution in [0.15, 0.2) is 36.4 Å². The van der Waals surface area contributed by atoms with Crippen molar-refractivity contribution in [3.8, 4) is 11.8 Å². The molecule has 3 nitrogen and oxygen atoms in total. The maximum atomic E-state index is 11.2. The van der Waals surface area contributed by atoms with Crippen molar-refractivity contribution in [1.29, 1.82) is 0 Å². The van der Waals surface area contributed by atoms with Gasteiger partial charge in [-0.3, -0.25) is 4.90 Å². The van der Waals surface area contributed by atoms with Gasteiger partial charge in [0.1, 0.15) is 0 Å². The van der Waals surface area contributed by atoms with E-state index >= 15 is 0 Å². The molecule has 0 radical (unpaired) electrons. The summed E-state index contributed by atoms with van der Waals surface area (Å²) in [6.45, 7) is 6.18. The van der Waals surface area contributed by atoms with E-state index in [4.69, 9.17) is 0 Å². The van der Waals surface area contributed by atoms with E-state index in [2.05, 4.69) is 32.6 Å². The normalized spacial score (nSPS) is 10.9. The maximum Gasteiger partial charge on any atom is 0.411 e. The van der Waals surface area contributed by atoms with Gasteiger partial charge in [0, 0.05) is 23.4 Å². The molecule has 108 valence electrons. The summed E-state index contributed by atoms with van der Waals surface area (Å²) in [5.41, 5.74) is 1.50. The highest BCUT2D eigenvalue weighted by Gasteiger charge is 2.12. The highest BCUT2D eigenvalue weighted by Crippen LogP contribution is 2.27. The number of fused-ring (bicyclic) bond motifs is 1. The minimum Gasteiger partial charge on any atom is -0.465 e. The molecule has 0 saturated heterocycles. The lowest BCUT2D eigenvalue weighted by Gasteiger charge is -2.15. The Morgan fingerprint density at radius 3 is 2.52 bits per heavy atom. The zero-order chi connectivity index (χ0) is 15.6. The third-order valence-corrected chi connectivity index (χ3v) is 3.09. The van der Waals surface area contributed by atoms with Crippen LogP contribution in [0.2, 0.25) is 0 Å². The quantitative estimate of drug-likeness (QED) is 0.789. The van der Waals surface area contributed by atoms with Gasteiger partial charge in [-0.05, 0) is 44.4 Å². The fraction of sp³-hybridized carbons (Fsp3) is 0.278. The molecular weight excluding hydrogens is 262 g/mol. The molecule has 1 N–H and O–H groups in total. The van der Waals surface area contributed by atoms with Crippen LogP contribution in [0.5, 0.6) is 0 Å². The van der Waals surface area contributed by atoms with E-state index in [0.717, 1.165) is 16.3 Å². The number of rotatable bonds is 1. The second-order valence-corrected chi connectivity index (χ2v) is 6.05. The molecule has 2 aromatic rings. The molecule has 1 amide bonds. The Kier molecular flexibility index (Phi) is 3.90. The van der Waals surface area contributed by atoms with Crippen molar-refractivity contribution in [1.82, 2.24) is 0 Å². The number of hydrogen-bond donors (Lipinski definition) is 1. The molecule has 2 rings (SSSR count). The second-order valence-electron chi connectivity index (χ2n) is 6.05. The van der Waals surface area contributed by atoms with E-state index in [1.807, 2.05) is 30.3 Å². The average molecular weight is 281 g/mol. The molecule has 0 unspecified atom stereocenters. The number of benzene rings is 2. The maximum absolute atomic E-state index is 11.2. The van der Waals surface area contributed by atoms with Crippen LogP contribution in [0.3, 0.4) is 0 Å². The molecule has 0 atom stereocenters. The molecule has 0 aliphatic carbocycles. The zero-order valence-electron chi connectivity index (χ0n) is 12.8. The van der Waals surface area contributed by atoms with Crippen molar-refractivity contribution in [2.24, 2.45) is 5.41 Å². The van der Waals surface area contributed by atoms with E-state index in [1.54, 1.807) is 13.1 Å². The predicted octanol–water partition coefficient (Wildman–Crippen LogP) is 4.35. The van der Waals surface area contributed by atoms with E-state index in [0.29, 0.717) is 5.69 Å². The SMILES string of the molecule is CN(C(=O)O)c1cccc2ccc(C#CC(C)(C)C)cc12. The summed E-state index contributed by atoms with van der Waals surface area (Å²) in [5.74, 6) is 6.35. The van der Waals surface area contributed by atoms with Gasteiger partial charge in [0.25, 0.3) is 0 Å². The molecule has 0 spiro atoms. The van der Waals surface area contributed by atoms with Gasteiger partial charge in [0.05, 0.1) is 5.69 Å². The lowest BCUT2D eigenvalue weighted by Crippen LogP contribution is -2.23. The summed E-state index contributed by atoms with van der Waals surface area (Å²) >= 11 is 0. The molecule has 0 fully saturated rings. The number of hydrogen-bond acceptors (Lipinski definition) is 1. The van der Waals surface area contributed by atoms with Crippen LogP contribution < -0.4 is 4.90 Å². The van der Waals surface area contributed by atoms with Gasteiger partial charge in [0.15, 0.2) is 0 Å². The summed E-state index contributed by atoms with van der Waals surface area (Å²) < 4.78 is 0. The lowest BCUT2D eigenvalue weighted by molar-refractivity contribution is 0.203. The molecule has 0 heterocycles. The number of anilines is 1. The molecule has 0 aliphatic heterocycles. The minimum atomic E-state index is -0.978. The molecule has 0 aliphatic rings. The summed E-state index contributed by atoms with van der Waals surface area (Å²) in [7, 11) is 1.55. The molecule has 2 aromatic carbocycles. The van der Waals surface area contributed by atoms with Crippen molar-refractivity contribution in [3.63, 3.8) is 0 Å². The Morgan fingerprint density at radius 2 is 1.90 bits per heavy atom. The van der Waals surface area contributed by atoms with Gasteiger partial charge < -0.3 is 5.11 Å². The number of carbonyl (C=O) groups is 1. The molecule has 0 saturated carbocycles. The van der Waals surface area contributed by atoms with E-state index in [1.165, 1.54) is 4.90 Å². The Labute approximate surface area is 125 Å². The van der Waals surface area contributed by atoms with Crippen LogP contribution in [-0.2, 0) is 0 Å². The third kappa shape index (κ3) is 3.55. The predicted molar refractivity (Wildman–Crippen MR) is 86.7 cm³/mol. The van der Waals surface area contributed by atoms with Crippen molar-refractivity contribution >= 4 is 22.6 Å². The Balaban J connectivity index is 2.57. The molecule has 0 bridgehead atoms. The Morgan fingerprint density at radius 1 is 1.19 bits per heavy atom. The molecule has 21 heavy (non-hydrogen) atoms. The molecule has 3 heteroatoms. The van der Waals surface area contributed by atoms with Crippen molar-refractivity contribution in [2.45, 2.75) is 20.8 Å². The number of nitrogens with zero attached hydrogens (tertiary/aromatic N) is 1. The first-order chi connectivity index (χ1) is 9.78. The minimum absolute atomic E-state index is 0.0632. The van der Waals surface area contributed by atoms with Crippen LogP contribution in [0.1, 0.15) is 26.3 Å². The van der Waals surface area contributed by atoms with Gasteiger partial charge in [-0.15, -0.1) is 0 Å². The van der Waals surface area contributed by atoms with Crippen LogP contribution in [0, 0.1) is 17.3 Å². The summed E-state index contributed by atoms with van der Waals surface area (Å²) in [5, 5.41) is 11.1. The van der Waals surface area contributed by atoms with Crippen molar-refractivity contribution in [3.05, 3.63) is 42.0 Å². The first-order valence-electron chi connectivity index (χ1n) is 6.80. The zero-order valence-corrected chi connectivity index (χ0v) is 12.8. The van der Waals surface area contributed by atoms with Gasteiger partial charge in [-0.1, -0.05) is 30.0 Å². The third-order valence-electron chi connectivity index (χ3n) is 3.09. The summed E-state index contributed by atoms with van der Waals surface area (Å²) in [6, 6.07) is 11.5. The van der Waals surface area contributed by atoms with Crippen LogP contribution in [0.4, 0.5) is 10.5 Å². The first-order valence-corrected chi connectivity index (χ1v) is 6.80. The second kappa shape index (κ2) is 5.49. The van der Waals surface area contributed by atoms with Gasteiger partial charge >= 0.3 is 6.09 Å². The van der Waals surface area contributed by atoms with Gasteiger partial charge in [-0.25, -0.2) is 4.79 Å². The van der Waals surface area contributed by atoms with Crippen molar-refractivity contribution in [2.75, 3.05) is 11.9 Å². The average Bonchev–Trinajstić information content (AvgIpc) is 2.42. The lowest BCUT2D eigenvalue weighted by atomic mass is 9.97. The van der Waals surface area contributed by atoms with E-state index < -0.39 is 6.09 Å². The standard InChI is InChI=1S/C18H19NO2/c1-18(2,3)11-10-13-8-9-14-6-5-7-16(15(14)12-13)19(4)17(20)21/h5-9,12H,1-4H3,(H,20,21). The largest absolute Gasteiger partial charge is 0.465 e. The number of amides is 1. The Hall–Kier alpha value is -2.47. The topological polar surface area (TPSA) is 40.5 Å². The summed E-state index contributed by atoms with van der Waals surface area (Å²) in [6.07, 6.45) is -0.978.